The summed E-state index contributed by atoms with van der Waals surface area (Å²) in [6.07, 6.45) is 4.27. The van der Waals surface area contributed by atoms with Crippen LogP contribution in [0.15, 0.2) is 30.3 Å². The van der Waals surface area contributed by atoms with Crippen molar-refractivity contribution in [2.24, 2.45) is 0 Å². The molecule has 1 atom stereocenters. The molecule has 0 aliphatic rings. The van der Waals surface area contributed by atoms with Gasteiger partial charge in [-0.3, -0.25) is 0 Å². The van der Waals surface area contributed by atoms with Crippen LogP contribution in [0, 0.1) is 0 Å². The van der Waals surface area contributed by atoms with Crippen LogP contribution in [0.25, 0.3) is 6.08 Å². The average Bonchev–Trinajstić information content (AvgIpc) is 2.41. The van der Waals surface area contributed by atoms with Crippen molar-refractivity contribution in [3.8, 4) is 0 Å². The molecular formula is C18H27Cl3OSi. The maximum atomic E-state index is 6.29. The molecule has 0 bridgehead atoms. The van der Waals surface area contributed by atoms with Gasteiger partial charge in [0, 0.05) is 0 Å². The first-order chi connectivity index (χ1) is 10.4. The standard InChI is InChI=1S/C18H27Cl3OSi/c1-7-14-8-10-15(11-9-14)12-13-16(18(19,20)21)22-23(5,6)17(2,3)4/h8-13,16H,7H2,1-6H3/b13-12+/t16-/m1/s1. The van der Waals surface area contributed by atoms with E-state index < -0.39 is 18.2 Å². The van der Waals surface area contributed by atoms with Crippen molar-refractivity contribution in [1.82, 2.24) is 0 Å². The second-order valence-corrected chi connectivity index (χ2v) is 14.4. The molecule has 0 aliphatic heterocycles. The minimum absolute atomic E-state index is 0.0534. The summed E-state index contributed by atoms with van der Waals surface area (Å²) in [5.41, 5.74) is 2.37. The molecule has 0 fully saturated rings. The van der Waals surface area contributed by atoms with E-state index in [0.717, 1.165) is 12.0 Å². The molecule has 1 nitrogen and oxygen atoms in total. The summed E-state index contributed by atoms with van der Waals surface area (Å²) in [5.74, 6) is 0. The highest BCUT2D eigenvalue weighted by Gasteiger charge is 2.43. The number of aryl methyl sites for hydroxylation is 1. The first kappa shape index (κ1) is 21.1. The van der Waals surface area contributed by atoms with E-state index in [1.807, 2.05) is 12.2 Å². The van der Waals surface area contributed by atoms with Crippen molar-refractivity contribution in [2.45, 2.75) is 62.1 Å². The zero-order valence-electron chi connectivity index (χ0n) is 14.8. The van der Waals surface area contributed by atoms with Crippen LogP contribution in [0.2, 0.25) is 18.1 Å². The van der Waals surface area contributed by atoms with E-state index in [0.29, 0.717) is 0 Å². The monoisotopic (exact) mass is 392 g/mol. The fraction of sp³-hybridized carbons (Fsp3) is 0.556. The van der Waals surface area contributed by atoms with Gasteiger partial charge in [-0.05, 0) is 35.7 Å². The van der Waals surface area contributed by atoms with Gasteiger partial charge in [0.25, 0.3) is 0 Å². The first-order valence-electron chi connectivity index (χ1n) is 7.88. The van der Waals surface area contributed by atoms with E-state index in [1.54, 1.807) is 0 Å². The Morgan fingerprint density at radius 2 is 1.61 bits per heavy atom. The molecule has 0 saturated carbocycles. The molecule has 0 heterocycles. The van der Waals surface area contributed by atoms with Crippen molar-refractivity contribution in [2.75, 3.05) is 0 Å². The van der Waals surface area contributed by atoms with Gasteiger partial charge in [-0.25, -0.2) is 0 Å². The van der Waals surface area contributed by atoms with Crippen LogP contribution in [-0.4, -0.2) is 18.2 Å². The van der Waals surface area contributed by atoms with Crippen molar-refractivity contribution < 1.29 is 4.43 Å². The Kier molecular flexibility index (Phi) is 7.25. The molecule has 0 saturated heterocycles. The number of rotatable bonds is 5. The Hall–Kier alpha value is 0.00688. The van der Waals surface area contributed by atoms with E-state index in [2.05, 4.69) is 65.1 Å². The fourth-order valence-electron chi connectivity index (χ4n) is 1.77. The van der Waals surface area contributed by atoms with Gasteiger partial charge in [0.05, 0.1) is 0 Å². The van der Waals surface area contributed by atoms with Crippen LogP contribution in [-0.2, 0) is 10.8 Å². The zero-order chi connectivity index (χ0) is 17.9. The van der Waals surface area contributed by atoms with Gasteiger partial charge < -0.3 is 4.43 Å². The molecule has 0 spiro atoms. The van der Waals surface area contributed by atoms with Gasteiger partial charge in [-0.1, -0.05) is 98.9 Å². The Bertz CT molecular complexity index is 525. The minimum Gasteiger partial charge on any atom is -0.406 e. The molecule has 0 aliphatic carbocycles. The van der Waals surface area contributed by atoms with Crippen molar-refractivity contribution >= 4 is 49.2 Å². The van der Waals surface area contributed by atoms with Gasteiger partial charge in [-0.15, -0.1) is 0 Å². The van der Waals surface area contributed by atoms with Crippen molar-refractivity contribution in [1.29, 1.82) is 0 Å². The fourth-order valence-corrected chi connectivity index (χ4v) is 3.59. The lowest BCUT2D eigenvalue weighted by atomic mass is 10.1. The molecule has 0 amide bonds. The summed E-state index contributed by atoms with van der Waals surface area (Å²) in [4.78, 5) is 0. The van der Waals surface area contributed by atoms with E-state index in [4.69, 9.17) is 39.2 Å². The molecule has 130 valence electrons. The summed E-state index contributed by atoms with van der Waals surface area (Å²) in [7, 11) is -2.04. The predicted molar refractivity (Wildman–Crippen MR) is 107 cm³/mol. The van der Waals surface area contributed by atoms with Gasteiger partial charge in [-0.2, -0.15) is 0 Å². The lowest BCUT2D eigenvalue weighted by Crippen LogP contribution is -2.46. The third-order valence-corrected chi connectivity index (χ3v) is 9.50. The second kappa shape index (κ2) is 7.92. The summed E-state index contributed by atoms with van der Waals surface area (Å²) in [5, 5.41) is 0.0534. The Morgan fingerprint density at radius 1 is 1.09 bits per heavy atom. The largest absolute Gasteiger partial charge is 0.406 e. The Morgan fingerprint density at radius 3 is 2.00 bits per heavy atom. The van der Waals surface area contributed by atoms with Gasteiger partial charge in [0.15, 0.2) is 8.32 Å². The molecule has 1 aromatic carbocycles. The van der Waals surface area contributed by atoms with Crippen LogP contribution >= 0.6 is 34.8 Å². The number of hydrogen-bond acceptors (Lipinski definition) is 1. The molecule has 0 radical (unpaired) electrons. The van der Waals surface area contributed by atoms with Crippen LogP contribution in [0.4, 0.5) is 0 Å². The van der Waals surface area contributed by atoms with E-state index in [1.165, 1.54) is 5.56 Å². The average molecular weight is 394 g/mol. The quantitative estimate of drug-likeness (QED) is 0.385. The lowest BCUT2D eigenvalue weighted by molar-refractivity contribution is 0.229. The molecule has 0 unspecified atom stereocenters. The second-order valence-electron chi connectivity index (χ2n) is 7.29. The summed E-state index contributed by atoms with van der Waals surface area (Å²) < 4.78 is 4.80. The van der Waals surface area contributed by atoms with Crippen LogP contribution in [0.5, 0.6) is 0 Å². The normalized spacial score (nSPS) is 15.2. The molecule has 1 aromatic rings. The summed E-state index contributed by atoms with van der Waals surface area (Å²) in [6.45, 7) is 12.9. The van der Waals surface area contributed by atoms with Crippen LogP contribution < -0.4 is 0 Å². The highest BCUT2D eigenvalue weighted by Crippen LogP contribution is 2.42. The third kappa shape index (κ3) is 6.43. The maximum absolute atomic E-state index is 6.29. The SMILES string of the molecule is CCc1ccc(/C=C/[C@@H](O[Si](C)(C)C(C)(C)C)C(Cl)(Cl)Cl)cc1. The molecule has 1 rings (SSSR count). The number of hydrogen-bond donors (Lipinski definition) is 0. The highest BCUT2D eigenvalue weighted by molar-refractivity contribution is 6.74. The van der Waals surface area contributed by atoms with Crippen molar-refractivity contribution in [3.63, 3.8) is 0 Å². The molecule has 0 N–H and O–H groups in total. The molecule has 0 aromatic heterocycles. The van der Waals surface area contributed by atoms with Crippen molar-refractivity contribution in [3.05, 3.63) is 41.5 Å². The minimum atomic E-state index is -2.04. The predicted octanol–water partition coefficient (Wildman–Crippen LogP) is 7.02. The van der Waals surface area contributed by atoms with Gasteiger partial charge in [0.1, 0.15) is 6.10 Å². The topological polar surface area (TPSA) is 9.23 Å². The van der Waals surface area contributed by atoms with Crippen LogP contribution in [0.3, 0.4) is 0 Å². The van der Waals surface area contributed by atoms with Gasteiger partial charge in [0.2, 0.25) is 3.79 Å². The van der Waals surface area contributed by atoms with E-state index in [-0.39, 0.29) is 5.04 Å². The highest BCUT2D eigenvalue weighted by atomic mass is 35.6. The van der Waals surface area contributed by atoms with E-state index >= 15 is 0 Å². The van der Waals surface area contributed by atoms with E-state index in [9.17, 15) is 0 Å². The molecule has 23 heavy (non-hydrogen) atoms. The number of halogens is 3. The maximum Gasteiger partial charge on any atom is 0.218 e. The zero-order valence-corrected chi connectivity index (χ0v) is 18.1. The molecular weight excluding hydrogens is 367 g/mol. The third-order valence-electron chi connectivity index (χ3n) is 4.40. The Balaban J connectivity index is 2.97. The first-order valence-corrected chi connectivity index (χ1v) is 11.9. The Labute approximate surface area is 157 Å². The number of alkyl halides is 3. The van der Waals surface area contributed by atoms with Crippen LogP contribution in [0.1, 0.15) is 38.8 Å². The summed E-state index contributed by atoms with van der Waals surface area (Å²) >= 11 is 18.4. The molecule has 5 heteroatoms. The lowest BCUT2D eigenvalue weighted by Gasteiger charge is -2.40. The summed E-state index contributed by atoms with van der Waals surface area (Å²) in [6, 6.07) is 8.35. The number of benzene rings is 1. The van der Waals surface area contributed by atoms with Gasteiger partial charge >= 0.3 is 0 Å². The smallest absolute Gasteiger partial charge is 0.218 e.